The molecule has 0 aromatic heterocycles. The van der Waals surface area contributed by atoms with E-state index in [1.165, 1.54) is 6.92 Å². The molecule has 0 aliphatic carbocycles. The lowest BCUT2D eigenvalue weighted by atomic mass is 9.98. The molecular formula is C24H37N3O4S. The van der Waals surface area contributed by atoms with Crippen LogP contribution in [0.2, 0.25) is 0 Å². The number of hydrogen-bond acceptors (Lipinski definition) is 5. The van der Waals surface area contributed by atoms with Crippen molar-refractivity contribution < 1.29 is 19.2 Å². The summed E-state index contributed by atoms with van der Waals surface area (Å²) in [5, 5.41) is 8.32. The summed E-state index contributed by atoms with van der Waals surface area (Å²) in [5.41, 5.74) is 0.951. The second-order valence-corrected chi connectivity index (χ2v) is 9.28. The van der Waals surface area contributed by atoms with Crippen LogP contribution >= 0.6 is 11.8 Å². The van der Waals surface area contributed by atoms with E-state index in [1.54, 1.807) is 18.7 Å². The number of hydrogen-bond donors (Lipinski definition) is 3. The molecule has 0 saturated carbocycles. The Kier molecular flexibility index (Phi) is 12.7. The van der Waals surface area contributed by atoms with Gasteiger partial charge >= 0.3 is 0 Å². The van der Waals surface area contributed by atoms with E-state index in [2.05, 4.69) is 16.0 Å². The van der Waals surface area contributed by atoms with Gasteiger partial charge < -0.3 is 16.0 Å². The maximum absolute atomic E-state index is 13.1. The highest BCUT2D eigenvalue weighted by atomic mass is 32.2. The molecule has 0 aliphatic rings. The van der Waals surface area contributed by atoms with Crippen LogP contribution in [0.5, 0.6) is 0 Å². The van der Waals surface area contributed by atoms with E-state index in [0.717, 1.165) is 5.56 Å². The van der Waals surface area contributed by atoms with Gasteiger partial charge in [-0.3, -0.25) is 19.2 Å². The van der Waals surface area contributed by atoms with Crippen molar-refractivity contribution in [3.63, 3.8) is 0 Å². The van der Waals surface area contributed by atoms with Gasteiger partial charge in [0, 0.05) is 13.3 Å². The summed E-state index contributed by atoms with van der Waals surface area (Å²) < 4.78 is 0. The minimum absolute atomic E-state index is 0.0621. The van der Waals surface area contributed by atoms with E-state index >= 15 is 0 Å². The summed E-state index contributed by atoms with van der Waals surface area (Å²) in [5.74, 6) is -0.298. The molecule has 0 radical (unpaired) electrons. The van der Waals surface area contributed by atoms with Crippen LogP contribution in [0, 0.1) is 5.92 Å². The summed E-state index contributed by atoms with van der Waals surface area (Å²) in [6, 6.07) is 7.35. The first-order valence-electron chi connectivity index (χ1n) is 11.1. The van der Waals surface area contributed by atoms with Crippen LogP contribution < -0.4 is 16.0 Å². The van der Waals surface area contributed by atoms with Crippen molar-refractivity contribution in [3.05, 3.63) is 35.9 Å². The minimum Gasteiger partial charge on any atom is -0.345 e. The van der Waals surface area contributed by atoms with Gasteiger partial charge in [-0.25, -0.2) is 0 Å². The molecule has 3 N–H and O–H groups in total. The van der Waals surface area contributed by atoms with E-state index in [4.69, 9.17) is 0 Å². The topological polar surface area (TPSA) is 104 Å². The highest BCUT2D eigenvalue weighted by Crippen LogP contribution is 2.10. The second-order valence-electron chi connectivity index (χ2n) is 8.30. The van der Waals surface area contributed by atoms with Crippen LogP contribution in [-0.2, 0) is 25.6 Å². The molecule has 0 saturated heterocycles. The fourth-order valence-corrected chi connectivity index (χ4v) is 3.81. The normalized spacial score (nSPS) is 13.7. The first-order chi connectivity index (χ1) is 15.2. The van der Waals surface area contributed by atoms with Gasteiger partial charge in [-0.05, 0) is 42.8 Å². The van der Waals surface area contributed by atoms with E-state index < -0.39 is 24.0 Å². The zero-order valence-electron chi connectivity index (χ0n) is 19.8. The number of benzene rings is 1. The maximum Gasteiger partial charge on any atom is 0.243 e. The average molecular weight is 464 g/mol. The van der Waals surface area contributed by atoms with Crippen molar-refractivity contribution in [2.45, 2.75) is 71.5 Å². The minimum atomic E-state index is -0.795. The quantitative estimate of drug-likeness (QED) is 0.393. The Morgan fingerprint density at radius 2 is 1.50 bits per heavy atom. The summed E-state index contributed by atoms with van der Waals surface area (Å²) in [6.07, 6.45) is 3.51. The Hall–Kier alpha value is -2.35. The van der Waals surface area contributed by atoms with Crippen molar-refractivity contribution in [3.8, 4) is 0 Å². The van der Waals surface area contributed by atoms with Crippen LogP contribution in [0.3, 0.4) is 0 Å². The molecule has 8 heteroatoms. The Labute approximate surface area is 195 Å². The predicted octanol–water partition coefficient (Wildman–Crippen LogP) is 2.48. The van der Waals surface area contributed by atoms with Crippen molar-refractivity contribution in [1.29, 1.82) is 0 Å². The number of amides is 3. The second kappa shape index (κ2) is 14.7. The van der Waals surface area contributed by atoms with Crippen LogP contribution in [0.1, 0.15) is 52.5 Å². The smallest absolute Gasteiger partial charge is 0.243 e. The molecular weight excluding hydrogens is 426 g/mol. The SMILES string of the molecule is CCC(=O)C(Cc1ccccc1)NC(=O)C(CC(C)C)NC(=O)C(CCSC)NC(C)=O. The van der Waals surface area contributed by atoms with Crippen LogP contribution in [-0.4, -0.2) is 53.6 Å². The lowest BCUT2D eigenvalue weighted by molar-refractivity contribution is -0.133. The average Bonchev–Trinajstić information content (AvgIpc) is 2.75. The van der Waals surface area contributed by atoms with Crippen LogP contribution in [0.4, 0.5) is 0 Å². The van der Waals surface area contributed by atoms with Gasteiger partial charge in [0.1, 0.15) is 12.1 Å². The lowest BCUT2D eigenvalue weighted by Gasteiger charge is -2.26. The van der Waals surface area contributed by atoms with Crippen LogP contribution in [0.15, 0.2) is 30.3 Å². The first kappa shape index (κ1) is 27.7. The molecule has 7 nitrogen and oxygen atoms in total. The van der Waals surface area contributed by atoms with Crippen molar-refractivity contribution in [2.24, 2.45) is 5.92 Å². The number of ketones is 1. The van der Waals surface area contributed by atoms with E-state index in [1.807, 2.05) is 50.4 Å². The van der Waals surface area contributed by atoms with Gasteiger partial charge in [0.15, 0.2) is 5.78 Å². The Morgan fingerprint density at radius 3 is 2.03 bits per heavy atom. The van der Waals surface area contributed by atoms with E-state index in [0.29, 0.717) is 31.4 Å². The zero-order chi connectivity index (χ0) is 24.1. The molecule has 3 atom stereocenters. The van der Waals surface area contributed by atoms with Gasteiger partial charge in [-0.1, -0.05) is 51.1 Å². The Morgan fingerprint density at radius 1 is 0.906 bits per heavy atom. The molecule has 1 aromatic carbocycles. The zero-order valence-corrected chi connectivity index (χ0v) is 20.6. The summed E-state index contributed by atoms with van der Waals surface area (Å²) in [4.78, 5) is 50.0. The Balaban J connectivity index is 2.96. The van der Waals surface area contributed by atoms with Gasteiger partial charge in [-0.15, -0.1) is 0 Å². The first-order valence-corrected chi connectivity index (χ1v) is 12.5. The largest absolute Gasteiger partial charge is 0.345 e. The highest BCUT2D eigenvalue weighted by molar-refractivity contribution is 7.98. The molecule has 0 fully saturated rings. The molecule has 3 amide bonds. The van der Waals surface area contributed by atoms with Crippen LogP contribution in [0.25, 0.3) is 0 Å². The fourth-order valence-electron chi connectivity index (χ4n) is 3.34. The highest BCUT2D eigenvalue weighted by Gasteiger charge is 2.29. The summed E-state index contributed by atoms with van der Waals surface area (Å²) >= 11 is 1.58. The number of thioether (sulfide) groups is 1. The molecule has 0 aliphatic heterocycles. The third kappa shape index (κ3) is 10.3. The summed E-state index contributed by atoms with van der Waals surface area (Å²) in [7, 11) is 0. The van der Waals surface area contributed by atoms with Gasteiger partial charge in [0.05, 0.1) is 6.04 Å². The molecule has 1 rings (SSSR count). The molecule has 0 bridgehead atoms. The monoisotopic (exact) mass is 463 g/mol. The third-order valence-electron chi connectivity index (χ3n) is 4.98. The van der Waals surface area contributed by atoms with Gasteiger partial charge in [-0.2, -0.15) is 11.8 Å². The van der Waals surface area contributed by atoms with Gasteiger partial charge in [0.25, 0.3) is 0 Å². The van der Waals surface area contributed by atoms with Gasteiger partial charge in [0.2, 0.25) is 17.7 Å². The summed E-state index contributed by atoms with van der Waals surface area (Å²) in [6.45, 7) is 7.06. The molecule has 1 aromatic rings. The van der Waals surface area contributed by atoms with E-state index in [9.17, 15) is 19.2 Å². The van der Waals surface area contributed by atoms with Crippen molar-refractivity contribution >= 4 is 35.3 Å². The number of carbonyl (C=O) groups excluding carboxylic acids is 4. The third-order valence-corrected chi connectivity index (χ3v) is 5.62. The van der Waals surface area contributed by atoms with Crippen molar-refractivity contribution in [1.82, 2.24) is 16.0 Å². The maximum atomic E-state index is 13.1. The Bertz CT molecular complexity index is 755. The number of rotatable bonds is 14. The molecule has 3 unspecified atom stereocenters. The van der Waals surface area contributed by atoms with Crippen molar-refractivity contribution in [2.75, 3.05) is 12.0 Å². The molecule has 0 heterocycles. The molecule has 0 spiro atoms. The number of Topliss-reactive ketones (excluding diaryl/α,β-unsaturated/α-hetero) is 1. The lowest BCUT2D eigenvalue weighted by Crippen LogP contribution is -2.56. The molecule has 178 valence electrons. The fraction of sp³-hybridized carbons (Fsp3) is 0.583. The standard InChI is InChI=1S/C24H37N3O4S/c1-6-22(29)20(15-18-10-8-7-9-11-18)26-24(31)21(14-16(2)3)27-23(30)19(12-13-32-5)25-17(4)28/h7-11,16,19-21H,6,12-15H2,1-5H3,(H,25,28)(H,26,31)(H,27,30). The van der Waals surface area contributed by atoms with E-state index in [-0.39, 0.29) is 23.5 Å². The number of nitrogens with one attached hydrogen (secondary N) is 3. The number of carbonyl (C=O) groups is 4. The predicted molar refractivity (Wildman–Crippen MR) is 129 cm³/mol. The molecule has 32 heavy (non-hydrogen) atoms.